The molecule has 5 nitrogen and oxygen atoms in total. The highest BCUT2D eigenvalue weighted by Gasteiger charge is 2.38. The van der Waals surface area contributed by atoms with Crippen LogP contribution in [-0.4, -0.2) is 42.7 Å². The molecule has 0 fully saturated rings. The Labute approximate surface area is 85.7 Å². The number of hydrogen-bond donors (Lipinski definition) is 0. The summed E-state index contributed by atoms with van der Waals surface area (Å²) in [5.41, 5.74) is 0. The van der Waals surface area contributed by atoms with Crippen LogP contribution in [0, 0.1) is 0 Å². The van der Waals surface area contributed by atoms with Crippen molar-refractivity contribution in [1.82, 2.24) is 0 Å². The molecule has 0 aromatic rings. The highest BCUT2D eigenvalue weighted by Crippen LogP contribution is 2.15. The minimum atomic E-state index is -2.61. The van der Waals surface area contributed by atoms with Crippen LogP contribution in [0.2, 0.25) is 6.04 Å². The third kappa shape index (κ3) is 4.19. The summed E-state index contributed by atoms with van der Waals surface area (Å²) in [5, 5.41) is 0. The summed E-state index contributed by atoms with van der Waals surface area (Å²) < 4.78 is 20.2. The number of ether oxygens (including phenoxy) is 1. The number of carbonyl (C=O) groups is 1. The van der Waals surface area contributed by atoms with Gasteiger partial charge in [-0.05, 0) is 6.92 Å². The van der Waals surface area contributed by atoms with Crippen molar-refractivity contribution in [2.45, 2.75) is 19.4 Å². The largest absolute Gasteiger partial charge is 0.500 e. The third-order valence-electron chi connectivity index (χ3n) is 1.87. The number of carbonyl (C=O) groups excluding carboxylic acids is 1. The van der Waals surface area contributed by atoms with E-state index in [1.807, 2.05) is 0 Å². The van der Waals surface area contributed by atoms with Gasteiger partial charge in [0.25, 0.3) is 0 Å². The predicted octanol–water partition coefficient (Wildman–Crippen LogP) is 0.818. The van der Waals surface area contributed by atoms with Crippen LogP contribution in [0.15, 0.2) is 0 Å². The molecule has 0 aliphatic carbocycles. The molecule has 0 heterocycles. The van der Waals surface area contributed by atoms with Crippen LogP contribution >= 0.6 is 0 Å². The summed E-state index contributed by atoms with van der Waals surface area (Å²) in [7, 11) is 1.94. The summed E-state index contributed by atoms with van der Waals surface area (Å²) in [6.07, 6.45) is 0.260. The number of rotatable bonds is 7. The first kappa shape index (κ1) is 13.6. The molecule has 0 bridgehead atoms. The Morgan fingerprint density at radius 2 is 1.64 bits per heavy atom. The van der Waals surface area contributed by atoms with Gasteiger partial charge in [-0.15, -0.1) is 0 Å². The third-order valence-corrected chi connectivity index (χ3v) is 4.60. The van der Waals surface area contributed by atoms with Crippen LogP contribution in [0.25, 0.3) is 0 Å². The molecule has 0 aromatic heterocycles. The molecule has 0 unspecified atom stereocenters. The lowest BCUT2D eigenvalue weighted by molar-refractivity contribution is -0.142. The van der Waals surface area contributed by atoms with E-state index in [4.69, 9.17) is 18.0 Å². The molecule has 0 rings (SSSR count). The zero-order chi connectivity index (χ0) is 11.0. The van der Waals surface area contributed by atoms with E-state index in [0.29, 0.717) is 12.7 Å². The average molecular weight is 222 g/mol. The Kier molecular flexibility index (Phi) is 6.72. The van der Waals surface area contributed by atoms with Gasteiger partial charge in [0.15, 0.2) is 0 Å². The summed E-state index contributed by atoms with van der Waals surface area (Å²) in [4.78, 5) is 11.1. The van der Waals surface area contributed by atoms with Gasteiger partial charge in [0, 0.05) is 33.8 Å². The van der Waals surface area contributed by atoms with E-state index in [2.05, 4.69) is 0 Å². The van der Waals surface area contributed by atoms with Gasteiger partial charge in [-0.1, -0.05) is 0 Å². The van der Waals surface area contributed by atoms with Gasteiger partial charge in [0.05, 0.1) is 6.61 Å². The fourth-order valence-corrected chi connectivity index (χ4v) is 2.67. The summed E-state index contributed by atoms with van der Waals surface area (Å²) in [6.45, 7) is 2.16. The van der Waals surface area contributed by atoms with E-state index in [0.717, 1.165) is 0 Å². The topological polar surface area (TPSA) is 54.0 Å². The van der Waals surface area contributed by atoms with Gasteiger partial charge < -0.3 is 18.0 Å². The Hall–Kier alpha value is -0.433. The first-order valence-electron chi connectivity index (χ1n) is 4.45. The SMILES string of the molecule is CCOC(=O)CC[Si](OC)(OC)OC. The second kappa shape index (κ2) is 6.94. The van der Waals surface area contributed by atoms with Crippen molar-refractivity contribution in [3.8, 4) is 0 Å². The highest BCUT2D eigenvalue weighted by molar-refractivity contribution is 6.60. The summed E-state index contributed by atoms with van der Waals surface area (Å²) >= 11 is 0. The molecular weight excluding hydrogens is 204 g/mol. The van der Waals surface area contributed by atoms with E-state index in [1.54, 1.807) is 6.92 Å². The van der Waals surface area contributed by atoms with Crippen molar-refractivity contribution in [1.29, 1.82) is 0 Å². The second-order valence-corrected chi connectivity index (χ2v) is 5.69. The molecule has 0 aliphatic rings. The van der Waals surface area contributed by atoms with E-state index < -0.39 is 8.80 Å². The van der Waals surface area contributed by atoms with E-state index in [-0.39, 0.29) is 12.4 Å². The van der Waals surface area contributed by atoms with Gasteiger partial charge in [-0.3, -0.25) is 4.79 Å². The Morgan fingerprint density at radius 3 is 2.00 bits per heavy atom. The van der Waals surface area contributed by atoms with Gasteiger partial charge in [-0.2, -0.15) is 0 Å². The molecule has 0 aliphatic heterocycles. The predicted molar refractivity (Wildman–Crippen MR) is 52.8 cm³/mol. The zero-order valence-corrected chi connectivity index (χ0v) is 10.2. The van der Waals surface area contributed by atoms with Gasteiger partial charge in [0.1, 0.15) is 0 Å². The van der Waals surface area contributed by atoms with Crippen molar-refractivity contribution in [3.05, 3.63) is 0 Å². The maximum absolute atomic E-state index is 11.1. The normalized spacial score (nSPS) is 11.4. The summed E-state index contributed by atoms with van der Waals surface area (Å²) in [6, 6.07) is 0.440. The molecule has 0 atom stereocenters. The zero-order valence-electron chi connectivity index (χ0n) is 9.16. The monoisotopic (exact) mass is 222 g/mol. The van der Waals surface area contributed by atoms with Crippen LogP contribution < -0.4 is 0 Å². The Balaban J connectivity index is 3.99. The molecule has 14 heavy (non-hydrogen) atoms. The smallest absolute Gasteiger partial charge is 0.466 e. The first-order valence-corrected chi connectivity index (χ1v) is 6.38. The van der Waals surface area contributed by atoms with Crippen LogP contribution in [-0.2, 0) is 22.8 Å². The quantitative estimate of drug-likeness (QED) is 0.471. The van der Waals surface area contributed by atoms with Crippen molar-refractivity contribution in [2.75, 3.05) is 27.9 Å². The summed E-state index contributed by atoms with van der Waals surface area (Å²) in [5.74, 6) is -0.254. The van der Waals surface area contributed by atoms with Crippen molar-refractivity contribution in [2.24, 2.45) is 0 Å². The van der Waals surface area contributed by atoms with E-state index >= 15 is 0 Å². The minimum absolute atomic E-state index is 0.254. The average Bonchev–Trinajstić information content (AvgIpc) is 2.21. The molecule has 0 saturated carbocycles. The molecule has 0 aromatic carbocycles. The standard InChI is InChI=1S/C8H18O5Si/c1-5-13-8(9)6-7-14(10-2,11-3)12-4/h5-7H2,1-4H3. The first-order chi connectivity index (χ1) is 6.64. The molecular formula is C8H18O5Si. The van der Waals surface area contributed by atoms with Crippen molar-refractivity contribution >= 4 is 14.8 Å². The lowest BCUT2D eigenvalue weighted by atomic mass is 10.5. The maximum Gasteiger partial charge on any atom is 0.500 e. The Morgan fingerprint density at radius 1 is 1.14 bits per heavy atom. The fourth-order valence-electron chi connectivity index (χ4n) is 1.04. The number of esters is 1. The van der Waals surface area contributed by atoms with Crippen LogP contribution in [0.5, 0.6) is 0 Å². The molecule has 84 valence electrons. The van der Waals surface area contributed by atoms with E-state index in [9.17, 15) is 4.79 Å². The molecule has 0 amide bonds. The molecule has 0 radical (unpaired) electrons. The lowest BCUT2D eigenvalue weighted by Crippen LogP contribution is -2.43. The van der Waals surface area contributed by atoms with Crippen LogP contribution in [0.4, 0.5) is 0 Å². The van der Waals surface area contributed by atoms with E-state index in [1.165, 1.54) is 21.3 Å². The maximum atomic E-state index is 11.1. The minimum Gasteiger partial charge on any atom is -0.466 e. The van der Waals surface area contributed by atoms with Crippen LogP contribution in [0.1, 0.15) is 13.3 Å². The van der Waals surface area contributed by atoms with Crippen LogP contribution in [0.3, 0.4) is 0 Å². The lowest BCUT2D eigenvalue weighted by Gasteiger charge is -2.23. The second-order valence-electron chi connectivity index (χ2n) is 2.60. The molecule has 6 heteroatoms. The Bertz CT molecular complexity index is 161. The fraction of sp³-hybridized carbons (Fsp3) is 0.875. The highest BCUT2D eigenvalue weighted by atomic mass is 28.4. The van der Waals surface area contributed by atoms with Gasteiger partial charge >= 0.3 is 14.8 Å². The number of hydrogen-bond acceptors (Lipinski definition) is 5. The molecule has 0 N–H and O–H groups in total. The van der Waals surface area contributed by atoms with Crippen molar-refractivity contribution in [3.63, 3.8) is 0 Å². The van der Waals surface area contributed by atoms with Crippen molar-refractivity contribution < 1.29 is 22.8 Å². The van der Waals surface area contributed by atoms with Gasteiger partial charge in [0.2, 0.25) is 0 Å². The van der Waals surface area contributed by atoms with Gasteiger partial charge in [-0.25, -0.2) is 0 Å². The molecule has 0 spiro atoms. The molecule has 0 saturated heterocycles.